The molecule has 22 heavy (non-hydrogen) atoms. The fourth-order valence-electron chi connectivity index (χ4n) is 3.30. The average molecular weight is 317 g/mol. The van der Waals surface area contributed by atoms with Gasteiger partial charge in [-0.25, -0.2) is 4.98 Å². The van der Waals surface area contributed by atoms with E-state index in [2.05, 4.69) is 10.3 Å². The zero-order chi connectivity index (χ0) is 15.3. The Kier molecular flexibility index (Phi) is 3.29. The molecule has 4 rings (SSSR count). The molecule has 5 nitrogen and oxygen atoms in total. The summed E-state index contributed by atoms with van der Waals surface area (Å²) >= 11 is 1.63. The van der Waals surface area contributed by atoms with Crippen molar-refractivity contribution >= 4 is 27.5 Å². The number of hydrogen-bond donors (Lipinski definition) is 1. The number of aryl methyl sites for hydroxylation is 2. The van der Waals surface area contributed by atoms with Gasteiger partial charge in [-0.3, -0.25) is 14.2 Å². The maximum atomic E-state index is 12.7. The maximum Gasteiger partial charge on any atom is 0.262 e. The van der Waals surface area contributed by atoms with Gasteiger partial charge in [0.1, 0.15) is 11.4 Å². The minimum absolute atomic E-state index is 0.0590. The van der Waals surface area contributed by atoms with E-state index in [0.29, 0.717) is 5.92 Å². The van der Waals surface area contributed by atoms with Crippen molar-refractivity contribution < 1.29 is 4.79 Å². The van der Waals surface area contributed by atoms with Crippen LogP contribution in [-0.2, 0) is 24.2 Å². The molecule has 2 heterocycles. The van der Waals surface area contributed by atoms with Gasteiger partial charge in [-0.2, -0.15) is 0 Å². The summed E-state index contributed by atoms with van der Waals surface area (Å²) in [5.74, 6) is 0.510. The molecule has 0 spiro atoms. The van der Waals surface area contributed by atoms with Crippen molar-refractivity contribution in [3.63, 3.8) is 0 Å². The number of nitrogens with zero attached hydrogens (tertiary/aromatic N) is 2. The second kappa shape index (κ2) is 5.19. The van der Waals surface area contributed by atoms with Crippen LogP contribution in [0.25, 0.3) is 10.2 Å². The van der Waals surface area contributed by atoms with Crippen LogP contribution in [0.5, 0.6) is 0 Å². The van der Waals surface area contributed by atoms with Crippen molar-refractivity contribution in [2.45, 2.75) is 51.6 Å². The van der Waals surface area contributed by atoms with E-state index < -0.39 is 0 Å². The molecule has 1 amide bonds. The van der Waals surface area contributed by atoms with Crippen LogP contribution in [0, 0.1) is 5.92 Å². The van der Waals surface area contributed by atoms with Gasteiger partial charge in [0.25, 0.3) is 5.56 Å². The standard InChI is InChI=1S/C16H19N3O2S/c1-9(10-5-6-10)18-13(20)7-19-8-17-15-14(16(19)21)11-3-2-4-12(11)22-15/h8-10H,2-7H2,1H3,(H,18,20)/t9-/m1/s1. The highest BCUT2D eigenvalue weighted by Gasteiger charge is 2.29. The van der Waals surface area contributed by atoms with Crippen molar-refractivity contribution in [3.05, 3.63) is 27.1 Å². The lowest BCUT2D eigenvalue weighted by atomic mass is 10.2. The maximum absolute atomic E-state index is 12.7. The molecule has 1 saturated carbocycles. The topological polar surface area (TPSA) is 64.0 Å². The molecule has 0 radical (unpaired) electrons. The van der Waals surface area contributed by atoms with Crippen LogP contribution in [0.2, 0.25) is 0 Å². The number of nitrogens with one attached hydrogen (secondary N) is 1. The first-order chi connectivity index (χ1) is 10.6. The van der Waals surface area contributed by atoms with Crippen molar-refractivity contribution in [2.75, 3.05) is 0 Å². The predicted molar refractivity (Wildman–Crippen MR) is 86.2 cm³/mol. The van der Waals surface area contributed by atoms with E-state index in [1.54, 1.807) is 11.3 Å². The number of fused-ring (bicyclic) bond motifs is 3. The molecule has 0 aromatic carbocycles. The van der Waals surface area contributed by atoms with Gasteiger partial charge in [-0.15, -0.1) is 11.3 Å². The second-order valence-corrected chi connectivity index (χ2v) is 7.49. The highest BCUT2D eigenvalue weighted by molar-refractivity contribution is 7.18. The molecule has 0 unspecified atom stereocenters. The van der Waals surface area contributed by atoms with Gasteiger partial charge >= 0.3 is 0 Å². The Bertz CT molecular complexity index is 804. The summed E-state index contributed by atoms with van der Waals surface area (Å²) in [6.45, 7) is 2.09. The number of carbonyl (C=O) groups excluding carboxylic acids is 1. The molecule has 1 fully saturated rings. The van der Waals surface area contributed by atoms with Gasteiger partial charge in [0, 0.05) is 10.9 Å². The summed E-state index contributed by atoms with van der Waals surface area (Å²) in [6.07, 6.45) is 7.02. The van der Waals surface area contributed by atoms with Crippen LogP contribution in [0.4, 0.5) is 0 Å². The third kappa shape index (κ3) is 2.35. The van der Waals surface area contributed by atoms with Gasteiger partial charge in [-0.1, -0.05) is 0 Å². The molecule has 0 aliphatic heterocycles. The van der Waals surface area contributed by atoms with Gasteiger partial charge in [-0.05, 0) is 50.5 Å². The lowest BCUT2D eigenvalue weighted by molar-refractivity contribution is -0.122. The third-order valence-corrected chi connectivity index (χ3v) is 5.92. The first kappa shape index (κ1) is 13.9. The molecule has 0 saturated heterocycles. The number of aromatic nitrogens is 2. The van der Waals surface area contributed by atoms with E-state index in [4.69, 9.17) is 0 Å². The summed E-state index contributed by atoms with van der Waals surface area (Å²) < 4.78 is 1.45. The Morgan fingerprint density at radius 3 is 3.09 bits per heavy atom. The molecule has 1 N–H and O–H groups in total. The molecule has 2 aromatic rings. The first-order valence-corrected chi connectivity index (χ1v) is 8.74. The molecule has 2 aromatic heterocycles. The Morgan fingerprint density at radius 2 is 2.32 bits per heavy atom. The van der Waals surface area contributed by atoms with Gasteiger partial charge in [0.05, 0.1) is 11.7 Å². The molecular formula is C16H19N3O2S. The molecule has 116 valence electrons. The molecule has 2 aliphatic carbocycles. The van der Waals surface area contributed by atoms with E-state index in [1.165, 1.54) is 34.2 Å². The fourth-order valence-corrected chi connectivity index (χ4v) is 4.52. The number of amides is 1. The Morgan fingerprint density at radius 1 is 1.50 bits per heavy atom. The van der Waals surface area contributed by atoms with Crippen LogP contribution in [0.3, 0.4) is 0 Å². The van der Waals surface area contributed by atoms with E-state index in [9.17, 15) is 9.59 Å². The molecule has 2 aliphatic rings. The Balaban J connectivity index is 1.60. The number of carbonyl (C=O) groups is 1. The largest absolute Gasteiger partial charge is 0.352 e. The predicted octanol–water partition coefficient (Wildman–Crippen LogP) is 1.86. The van der Waals surface area contributed by atoms with Crippen molar-refractivity contribution in [1.82, 2.24) is 14.9 Å². The Labute approximate surface area is 132 Å². The third-order valence-electron chi connectivity index (χ3n) is 4.72. The minimum Gasteiger partial charge on any atom is -0.352 e. The molecule has 6 heteroatoms. The average Bonchev–Trinajstić information content (AvgIpc) is 3.13. The summed E-state index contributed by atoms with van der Waals surface area (Å²) in [6, 6.07) is 0.199. The lowest BCUT2D eigenvalue weighted by Gasteiger charge is -2.13. The molecule has 1 atom stereocenters. The highest BCUT2D eigenvalue weighted by atomic mass is 32.1. The summed E-state index contributed by atoms with van der Waals surface area (Å²) in [4.78, 5) is 31.3. The van der Waals surface area contributed by atoms with Crippen LogP contribution in [0.1, 0.15) is 36.6 Å². The van der Waals surface area contributed by atoms with E-state index in [1.807, 2.05) is 6.92 Å². The Hall–Kier alpha value is -1.69. The summed E-state index contributed by atoms with van der Waals surface area (Å²) in [5, 5.41) is 3.73. The SMILES string of the molecule is C[C@@H](NC(=O)Cn1cnc2sc3c(c2c1=O)CCC3)C1CC1. The highest BCUT2D eigenvalue weighted by Crippen LogP contribution is 2.34. The van der Waals surface area contributed by atoms with E-state index in [0.717, 1.165) is 29.5 Å². The summed E-state index contributed by atoms with van der Waals surface area (Å²) in [7, 11) is 0. The number of hydrogen-bond acceptors (Lipinski definition) is 4. The second-order valence-electron chi connectivity index (χ2n) is 6.41. The summed E-state index contributed by atoms with van der Waals surface area (Å²) in [5.41, 5.74) is 1.09. The minimum atomic E-state index is -0.102. The van der Waals surface area contributed by atoms with Gasteiger partial charge in [0.2, 0.25) is 5.91 Å². The molecule has 0 bridgehead atoms. The van der Waals surface area contributed by atoms with Crippen molar-refractivity contribution in [1.29, 1.82) is 0 Å². The first-order valence-electron chi connectivity index (χ1n) is 7.92. The van der Waals surface area contributed by atoms with Crippen LogP contribution in [-0.4, -0.2) is 21.5 Å². The van der Waals surface area contributed by atoms with E-state index in [-0.39, 0.29) is 24.1 Å². The number of rotatable bonds is 4. The fraction of sp³-hybridized carbons (Fsp3) is 0.562. The van der Waals surface area contributed by atoms with Gasteiger partial charge < -0.3 is 5.32 Å². The zero-order valence-electron chi connectivity index (χ0n) is 12.6. The monoisotopic (exact) mass is 317 g/mol. The van der Waals surface area contributed by atoms with Crippen LogP contribution < -0.4 is 10.9 Å². The number of thiophene rings is 1. The smallest absolute Gasteiger partial charge is 0.262 e. The molecular weight excluding hydrogens is 298 g/mol. The quantitative estimate of drug-likeness (QED) is 0.936. The van der Waals surface area contributed by atoms with E-state index >= 15 is 0 Å². The zero-order valence-corrected chi connectivity index (χ0v) is 13.4. The van der Waals surface area contributed by atoms with Crippen LogP contribution >= 0.6 is 11.3 Å². The van der Waals surface area contributed by atoms with Crippen molar-refractivity contribution in [2.24, 2.45) is 5.92 Å². The van der Waals surface area contributed by atoms with Crippen LogP contribution in [0.15, 0.2) is 11.1 Å². The van der Waals surface area contributed by atoms with Crippen molar-refractivity contribution in [3.8, 4) is 0 Å². The normalized spacial score (nSPS) is 18.4. The lowest BCUT2D eigenvalue weighted by Crippen LogP contribution is -2.38. The van der Waals surface area contributed by atoms with Gasteiger partial charge in [0.15, 0.2) is 0 Å².